The second-order valence-corrected chi connectivity index (χ2v) is 5.54. The fourth-order valence-electron chi connectivity index (χ4n) is 2.25. The maximum absolute atomic E-state index is 12.4. The summed E-state index contributed by atoms with van der Waals surface area (Å²) in [6.45, 7) is 6.02. The Hall–Kier alpha value is -2.08. The molecule has 6 heteroatoms. The molecule has 6 nitrogen and oxygen atoms in total. The maximum Gasteiger partial charge on any atom is 0.307 e. The first-order valence-electron chi connectivity index (χ1n) is 8.74. The monoisotopic (exact) mass is 351 g/mol. The molecule has 1 aromatic carbocycles. The number of hydrogen-bond donors (Lipinski definition) is 0. The predicted octanol–water partition coefficient (Wildman–Crippen LogP) is 2.45. The molecular weight excluding hydrogens is 322 g/mol. The number of benzene rings is 1. The number of nitrogens with zero attached hydrogens (tertiary/aromatic N) is 1. The molecule has 25 heavy (non-hydrogen) atoms. The zero-order chi connectivity index (χ0) is 18.5. The molecule has 1 rings (SSSR count). The van der Waals surface area contributed by atoms with Crippen LogP contribution >= 0.6 is 0 Å². The van der Waals surface area contributed by atoms with Crippen LogP contribution in [0.15, 0.2) is 24.3 Å². The van der Waals surface area contributed by atoms with Crippen molar-refractivity contribution in [1.82, 2.24) is 4.90 Å². The summed E-state index contributed by atoms with van der Waals surface area (Å²) in [4.78, 5) is 25.4. The van der Waals surface area contributed by atoms with Crippen molar-refractivity contribution >= 4 is 11.9 Å². The molecule has 1 amide bonds. The zero-order valence-electron chi connectivity index (χ0n) is 15.5. The summed E-state index contributed by atoms with van der Waals surface area (Å²) in [7, 11) is 1.34. The smallest absolute Gasteiger partial charge is 0.307 e. The van der Waals surface area contributed by atoms with E-state index in [0.29, 0.717) is 38.5 Å². The van der Waals surface area contributed by atoms with Gasteiger partial charge in [0.25, 0.3) is 5.91 Å². The highest BCUT2D eigenvalue weighted by atomic mass is 16.5. The highest BCUT2D eigenvalue weighted by Gasteiger charge is 2.16. The number of carbonyl (C=O) groups excluding carboxylic acids is 2. The van der Waals surface area contributed by atoms with Gasteiger partial charge in [-0.15, -0.1) is 0 Å². The van der Waals surface area contributed by atoms with Crippen molar-refractivity contribution in [3.05, 3.63) is 29.8 Å². The molecule has 0 fully saturated rings. The van der Waals surface area contributed by atoms with Gasteiger partial charge in [0.05, 0.1) is 13.5 Å². The molecule has 0 bridgehead atoms. The predicted molar refractivity (Wildman–Crippen MR) is 95.6 cm³/mol. The third-order valence-corrected chi connectivity index (χ3v) is 3.78. The van der Waals surface area contributed by atoms with Gasteiger partial charge in [0.2, 0.25) is 0 Å². The van der Waals surface area contributed by atoms with Crippen molar-refractivity contribution in [2.45, 2.75) is 33.1 Å². The van der Waals surface area contributed by atoms with Gasteiger partial charge < -0.3 is 19.1 Å². The van der Waals surface area contributed by atoms with Crippen molar-refractivity contribution < 1.29 is 23.8 Å². The molecule has 0 heterocycles. The standard InChI is InChI=1S/C19H29NO5/c1-4-16-7-9-17(10-8-16)25-15-18(21)20(12-6-14-24-5-2)13-11-19(22)23-3/h7-10H,4-6,11-15H2,1-3H3. The first-order valence-corrected chi connectivity index (χ1v) is 8.74. The van der Waals surface area contributed by atoms with Crippen LogP contribution in [-0.4, -0.2) is 56.8 Å². The Kier molecular flexibility index (Phi) is 10.3. The molecule has 0 saturated heterocycles. The first-order chi connectivity index (χ1) is 12.1. The molecule has 0 N–H and O–H groups in total. The van der Waals surface area contributed by atoms with E-state index < -0.39 is 0 Å². The number of rotatable bonds is 12. The molecule has 0 aliphatic heterocycles. The largest absolute Gasteiger partial charge is 0.484 e. The van der Waals surface area contributed by atoms with Gasteiger partial charge in [0, 0.05) is 26.3 Å². The molecule has 0 aliphatic rings. The van der Waals surface area contributed by atoms with Crippen molar-refractivity contribution in [2.24, 2.45) is 0 Å². The van der Waals surface area contributed by atoms with Crippen molar-refractivity contribution in [2.75, 3.05) is 40.0 Å². The van der Waals surface area contributed by atoms with E-state index in [1.54, 1.807) is 4.90 Å². The molecule has 0 saturated carbocycles. The lowest BCUT2D eigenvalue weighted by atomic mass is 10.2. The Morgan fingerprint density at radius 3 is 2.40 bits per heavy atom. The molecule has 0 aliphatic carbocycles. The van der Waals surface area contributed by atoms with Crippen LogP contribution < -0.4 is 4.74 Å². The van der Waals surface area contributed by atoms with Gasteiger partial charge in [-0.2, -0.15) is 0 Å². The summed E-state index contributed by atoms with van der Waals surface area (Å²) in [5, 5.41) is 0. The van der Waals surface area contributed by atoms with Crippen LogP contribution in [0.5, 0.6) is 5.75 Å². The SMILES string of the molecule is CCOCCCN(CCC(=O)OC)C(=O)COc1ccc(CC)cc1. The van der Waals surface area contributed by atoms with Gasteiger partial charge in [-0.05, 0) is 37.5 Å². The normalized spacial score (nSPS) is 10.4. The summed E-state index contributed by atoms with van der Waals surface area (Å²) in [6, 6.07) is 7.69. The molecular formula is C19H29NO5. The maximum atomic E-state index is 12.4. The van der Waals surface area contributed by atoms with Crippen molar-refractivity contribution in [1.29, 1.82) is 0 Å². The molecule has 1 aromatic rings. The summed E-state index contributed by atoms with van der Waals surface area (Å²) in [5.41, 5.74) is 1.22. The molecule has 0 aromatic heterocycles. The Balaban J connectivity index is 2.51. The fourth-order valence-corrected chi connectivity index (χ4v) is 2.25. The number of hydrogen-bond acceptors (Lipinski definition) is 5. The van der Waals surface area contributed by atoms with Crippen LogP contribution in [0.1, 0.15) is 32.3 Å². The van der Waals surface area contributed by atoms with E-state index in [1.807, 2.05) is 31.2 Å². The van der Waals surface area contributed by atoms with Crippen molar-refractivity contribution in [3.8, 4) is 5.75 Å². The van der Waals surface area contributed by atoms with E-state index in [1.165, 1.54) is 12.7 Å². The fraction of sp³-hybridized carbons (Fsp3) is 0.579. The van der Waals surface area contributed by atoms with Gasteiger partial charge >= 0.3 is 5.97 Å². The number of esters is 1. The second kappa shape index (κ2) is 12.3. The average molecular weight is 351 g/mol. The summed E-state index contributed by atoms with van der Waals surface area (Å²) >= 11 is 0. The molecule has 0 spiro atoms. The van der Waals surface area contributed by atoms with Crippen LogP contribution in [-0.2, 0) is 25.5 Å². The number of ether oxygens (including phenoxy) is 3. The van der Waals surface area contributed by atoms with Gasteiger partial charge in [-0.1, -0.05) is 19.1 Å². The van der Waals surface area contributed by atoms with E-state index in [0.717, 1.165) is 6.42 Å². The molecule has 140 valence electrons. The molecule has 0 atom stereocenters. The van der Waals surface area contributed by atoms with Gasteiger partial charge in [-0.25, -0.2) is 0 Å². The Bertz CT molecular complexity index is 515. The lowest BCUT2D eigenvalue weighted by Gasteiger charge is -2.22. The van der Waals surface area contributed by atoms with Crippen LogP contribution in [0, 0.1) is 0 Å². The third-order valence-electron chi connectivity index (χ3n) is 3.78. The molecule has 0 unspecified atom stereocenters. The third kappa shape index (κ3) is 8.54. The van der Waals surface area contributed by atoms with Crippen molar-refractivity contribution in [3.63, 3.8) is 0 Å². The van der Waals surface area contributed by atoms with E-state index in [4.69, 9.17) is 9.47 Å². The van der Waals surface area contributed by atoms with Crippen LogP contribution in [0.3, 0.4) is 0 Å². The quantitative estimate of drug-likeness (QED) is 0.427. The minimum absolute atomic E-state index is 0.0543. The number of aryl methyl sites for hydroxylation is 1. The first kappa shape index (κ1) is 21.0. The van der Waals surface area contributed by atoms with Crippen LogP contribution in [0.25, 0.3) is 0 Å². The average Bonchev–Trinajstić information content (AvgIpc) is 2.65. The van der Waals surface area contributed by atoms with Gasteiger partial charge in [-0.3, -0.25) is 9.59 Å². The summed E-state index contributed by atoms with van der Waals surface area (Å²) in [6.07, 6.45) is 1.84. The number of methoxy groups -OCH3 is 1. The topological polar surface area (TPSA) is 65.1 Å². The summed E-state index contributed by atoms with van der Waals surface area (Å²) < 4.78 is 15.5. The number of amides is 1. The van der Waals surface area contributed by atoms with E-state index in [9.17, 15) is 9.59 Å². The Morgan fingerprint density at radius 1 is 1.08 bits per heavy atom. The zero-order valence-corrected chi connectivity index (χ0v) is 15.5. The van der Waals surface area contributed by atoms with Crippen LogP contribution in [0.2, 0.25) is 0 Å². The lowest BCUT2D eigenvalue weighted by molar-refractivity contribution is -0.142. The van der Waals surface area contributed by atoms with Gasteiger partial charge in [0.15, 0.2) is 6.61 Å². The highest BCUT2D eigenvalue weighted by molar-refractivity contribution is 5.78. The Morgan fingerprint density at radius 2 is 1.80 bits per heavy atom. The highest BCUT2D eigenvalue weighted by Crippen LogP contribution is 2.12. The van der Waals surface area contributed by atoms with E-state index >= 15 is 0 Å². The summed E-state index contributed by atoms with van der Waals surface area (Å²) in [5.74, 6) is 0.173. The van der Waals surface area contributed by atoms with Crippen LogP contribution in [0.4, 0.5) is 0 Å². The Labute approximate surface area is 150 Å². The minimum atomic E-state index is -0.335. The van der Waals surface area contributed by atoms with E-state index in [-0.39, 0.29) is 24.9 Å². The minimum Gasteiger partial charge on any atom is -0.484 e. The van der Waals surface area contributed by atoms with E-state index in [2.05, 4.69) is 11.7 Å². The van der Waals surface area contributed by atoms with Gasteiger partial charge in [0.1, 0.15) is 5.75 Å². The second-order valence-electron chi connectivity index (χ2n) is 5.54. The number of carbonyl (C=O) groups is 2. The lowest BCUT2D eigenvalue weighted by Crippen LogP contribution is -2.37. The molecule has 0 radical (unpaired) electrons.